The molecule has 3 aromatic heterocycles. The van der Waals surface area contributed by atoms with Crippen molar-refractivity contribution in [3.05, 3.63) is 81.2 Å². The van der Waals surface area contributed by atoms with Crippen LogP contribution in [0, 0.1) is 5.82 Å². The fraction of sp³-hybridized carbons (Fsp3) is 0.192. The molecule has 0 aliphatic heterocycles. The average molecular weight is 552 g/mol. The molecule has 0 aliphatic rings. The first-order chi connectivity index (χ1) is 18.2. The van der Waals surface area contributed by atoms with Crippen molar-refractivity contribution in [2.45, 2.75) is 13.0 Å². The maximum Gasteiger partial charge on any atom is 0.281 e. The number of nitrogens with one attached hydrogen (secondary N) is 2. The van der Waals surface area contributed by atoms with E-state index >= 15 is 0 Å². The van der Waals surface area contributed by atoms with Crippen LogP contribution in [0.15, 0.2) is 53.5 Å². The first-order valence-corrected chi connectivity index (χ1v) is 13.2. The highest BCUT2D eigenvalue weighted by Gasteiger charge is 2.21. The number of amides is 1. The molecule has 1 amide bonds. The number of rotatable bonds is 6. The standard InChI is InChI=1S/C26H23ClFN7O2S/c1-13(29-20-7-8-21(27)30-23(20)25(36)33-38-4)17-10-16(28)11-18-22(17)31-24(35(3)26(18)37)14-5-6-19-15(9-14)12-34(2)32-19/h5-13,29H,1-4H3,(H,33,36). The van der Waals surface area contributed by atoms with Crippen LogP contribution in [0.25, 0.3) is 33.2 Å². The van der Waals surface area contributed by atoms with Gasteiger partial charge in [0.2, 0.25) is 0 Å². The molecule has 0 saturated carbocycles. The van der Waals surface area contributed by atoms with Crippen LogP contribution >= 0.6 is 23.5 Å². The maximum atomic E-state index is 14.8. The number of nitrogens with zero attached hydrogens (tertiary/aromatic N) is 5. The van der Waals surface area contributed by atoms with Crippen LogP contribution in [0.2, 0.25) is 5.15 Å². The predicted molar refractivity (Wildman–Crippen MR) is 149 cm³/mol. The minimum absolute atomic E-state index is 0.0914. The number of aromatic nitrogens is 5. The lowest BCUT2D eigenvalue weighted by atomic mass is 10.0. The summed E-state index contributed by atoms with van der Waals surface area (Å²) in [7, 11) is 3.45. The number of halogens is 2. The summed E-state index contributed by atoms with van der Waals surface area (Å²) < 4.78 is 20.5. The number of hydrogen-bond donors (Lipinski definition) is 2. The Balaban J connectivity index is 1.64. The molecule has 5 aromatic rings. The van der Waals surface area contributed by atoms with Crippen molar-refractivity contribution in [2.75, 3.05) is 11.6 Å². The molecule has 0 saturated heterocycles. The third kappa shape index (κ3) is 4.70. The zero-order chi connectivity index (χ0) is 27.1. The van der Waals surface area contributed by atoms with E-state index in [1.54, 1.807) is 37.0 Å². The Hall–Kier alpha value is -3.96. The SMILES string of the molecule is CSNC(=O)c1nc(Cl)ccc1NC(C)c1cc(F)cc2c(=O)n(C)c(-c3ccc4nn(C)cc4c3)nc12. The number of benzene rings is 2. The lowest BCUT2D eigenvalue weighted by Gasteiger charge is -2.20. The molecule has 5 rings (SSSR count). The second-order valence-corrected chi connectivity index (χ2v) is 9.80. The first-order valence-electron chi connectivity index (χ1n) is 11.6. The van der Waals surface area contributed by atoms with E-state index in [1.165, 1.54) is 16.7 Å². The largest absolute Gasteiger partial charge is 0.377 e. The van der Waals surface area contributed by atoms with Gasteiger partial charge in [-0.3, -0.25) is 23.6 Å². The summed E-state index contributed by atoms with van der Waals surface area (Å²) in [4.78, 5) is 34.9. The fourth-order valence-corrected chi connectivity index (χ4v) is 4.85. The molecule has 0 spiro atoms. The Kier molecular flexibility index (Phi) is 6.80. The quantitative estimate of drug-likeness (QED) is 0.229. The zero-order valence-corrected chi connectivity index (χ0v) is 22.5. The second-order valence-electron chi connectivity index (χ2n) is 8.80. The Morgan fingerprint density at radius 3 is 2.68 bits per heavy atom. The molecule has 38 heavy (non-hydrogen) atoms. The Bertz CT molecular complexity index is 1790. The molecule has 3 heterocycles. The van der Waals surface area contributed by atoms with Crippen LogP contribution in [0.5, 0.6) is 0 Å². The molecule has 2 N–H and O–H groups in total. The highest BCUT2D eigenvalue weighted by atomic mass is 35.5. The monoisotopic (exact) mass is 551 g/mol. The van der Waals surface area contributed by atoms with E-state index in [9.17, 15) is 14.0 Å². The van der Waals surface area contributed by atoms with E-state index in [-0.39, 0.29) is 21.8 Å². The molecule has 0 bridgehead atoms. The minimum atomic E-state index is -0.570. The number of fused-ring (bicyclic) bond motifs is 2. The maximum absolute atomic E-state index is 14.8. The molecular formula is C26H23ClFN7O2S. The van der Waals surface area contributed by atoms with Crippen LogP contribution in [0.3, 0.4) is 0 Å². The van der Waals surface area contributed by atoms with E-state index in [0.717, 1.165) is 28.4 Å². The second kappa shape index (κ2) is 10.1. The van der Waals surface area contributed by atoms with Gasteiger partial charge in [0.15, 0.2) is 5.69 Å². The third-order valence-corrected chi connectivity index (χ3v) is 6.76. The Morgan fingerprint density at radius 1 is 1.13 bits per heavy atom. The first kappa shape index (κ1) is 25.7. The molecule has 0 fully saturated rings. The number of carbonyl (C=O) groups is 1. The smallest absolute Gasteiger partial charge is 0.281 e. The molecule has 1 unspecified atom stereocenters. The summed E-state index contributed by atoms with van der Waals surface area (Å²) in [6, 6.07) is 10.8. The molecular weight excluding hydrogens is 529 g/mol. The van der Waals surface area contributed by atoms with Crippen molar-refractivity contribution in [1.82, 2.24) is 29.0 Å². The Morgan fingerprint density at radius 2 is 1.92 bits per heavy atom. The van der Waals surface area contributed by atoms with Gasteiger partial charge in [0.1, 0.15) is 16.8 Å². The number of anilines is 1. The van der Waals surface area contributed by atoms with Crippen molar-refractivity contribution < 1.29 is 9.18 Å². The fourth-order valence-electron chi connectivity index (χ4n) is 4.42. The van der Waals surface area contributed by atoms with Crippen LogP contribution in [0.1, 0.15) is 29.0 Å². The van der Waals surface area contributed by atoms with Gasteiger partial charge in [-0.25, -0.2) is 14.4 Å². The van der Waals surface area contributed by atoms with Gasteiger partial charge >= 0.3 is 0 Å². The van der Waals surface area contributed by atoms with Crippen LogP contribution < -0.4 is 15.6 Å². The van der Waals surface area contributed by atoms with Gasteiger partial charge < -0.3 is 5.32 Å². The van der Waals surface area contributed by atoms with Gasteiger partial charge in [0, 0.05) is 43.1 Å². The molecule has 0 radical (unpaired) electrons. The summed E-state index contributed by atoms with van der Waals surface area (Å²) in [6.45, 7) is 1.79. The Labute approximate surface area is 226 Å². The van der Waals surface area contributed by atoms with E-state index in [1.807, 2.05) is 31.4 Å². The summed E-state index contributed by atoms with van der Waals surface area (Å²) >= 11 is 7.16. The van der Waals surface area contributed by atoms with E-state index in [0.29, 0.717) is 22.6 Å². The van der Waals surface area contributed by atoms with Crippen molar-refractivity contribution in [1.29, 1.82) is 0 Å². The van der Waals surface area contributed by atoms with E-state index < -0.39 is 17.8 Å². The summed E-state index contributed by atoms with van der Waals surface area (Å²) in [5.74, 6) is -0.570. The third-order valence-electron chi connectivity index (χ3n) is 6.16. The van der Waals surface area contributed by atoms with Crippen LogP contribution in [-0.2, 0) is 14.1 Å². The molecule has 12 heteroatoms. The topological polar surface area (TPSA) is 107 Å². The average Bonchev–Trinajstić information content (AvgIpc) is 3.26. The number of pyridine rings is 1. The van der Waals surface area contributed by atoms with Crippen molar-refractivity contribution in [3.8, 4) is 11.4 Å². The van der Waals surface area contributed by atoms with Gasteiger partial charge in [-0.05, 0) is 49.4 Å². The lowest BCUT2D eigenvalue weighted by Crippen LogP contribution is -2.22. The van der Waals surface area contributed by atoms with E-state index in [2.05, 4.69) is 20.1 Å². The number of aryl methyl sites for hydroxylation is 1. The van der Waals surface area contributed by atoms with Gasteiger partial charge in [0.05, 0.1) is 28.1 Å². The normalized spacial score (nSPS) is 12.2. The molecule has 2 aromatic carbocycles. The summed E-state index contributed by atoms with van der Waals surface area (Å²) in [5, 5.41) is 8.82. The van der Waals surface area contributed by atoms with Crippen LogP contribution in [0.4, 0.5) is 10.1 Å². The van der Waals surface area contributed by atoms with Gasteiger partial charge in [-0.15, -0.1) is 0 Å². The van der Waals surface area contributed by atoms with Crippen molar-refractivity contribution >= 4 is 56.9 Å². The molecule has 9 nitrogen and oxygen atoms in total. The highest BCUT2D eigenvalue weighted by molar-refractivity contribution is 7.97. The number of hydrogen-bond acceptors (Lipinski definition) is 7. The molecule has 194 valence electrons. The van der Waals surface area contributed by atoms with Gasteiger partial charge in [-0.1, -0.05) is 23.5 Å². The van der Waals surface area contributed by atoms with Gasteiger partial charge in [-0.2, -0.15) is 5.10 Å². The van der Waals surface area contributed by atoms with Gasteiger partial charge in [0.25, 0.3) is 11.5 Å². The van der Waals surface area contributed by atoms with Crippen molar-refractivity contribution in [3.63, 3.8) is 0 Å². The summed E-state index contributed by atoms with van der Waals surface area (Å²) in [6.07, 6.45) is 3.60. The molecule has 0 aliphatic carbocycles. The highest BCUT2D eigenvalue weighted by Crippen LogP contribution is 2.30. The van der Waals surface area contributed by atoms with Crippen LogP contribution in [-0.4, -0.2) is 36.5 Å². The minimum Gasteiger partial charge on any atom is -0.377 e. The van der Waals surface area contributed by atoms with Crippen molar-refractivity contribution in [2.24, 2.45) is 14.1 Å². The van der Waals surface area contributed by atoms with E-state index in [4.69, 9.17) is 16.6 Å². The summed E-state index contributed by atoms with van der Waals surface area (Å²) in [5.41, 5.74) is 2.46. The molecule has 1 atom stereocenters. The lowest BCUT2D eigenvalue weighted by molar-refractivity contribution is 0.0980. The zero-order valence-electron chi connectivity index (χ0n) is 20.9. The predicted octanol–water partition coefficient (Wildman–Crippen LogP) is 4.86. The number of carbonyl (C=O) groups excluding carboxylic acids is 1.